The van der Waals surface area contributed by atoms with Crippen LogP contribution < -0.4 is 11.1 Å². The molecule has 0 aliphatic carbocycles. The number of carbonyl (C=O) groups is 2. The normalized spacial score (nSPS) is 22.9. The maximum Gasteiger partial charge on any atom is 0.287 e. The van der Waals surface area contributed by atoms with E-state index in [2.05, 4.69) is 12.2 Å². The van der Waals surface area contributed by atoms with E-state index in [1.54, 1.807) is 17.0 Å². The molecule has 22 heavy (non-hydrogen) atoms. The molecule has 6 nitrogen and oxygen atoms in total. The molecule has 1 aliphatic heterocycles. The van der Waals surface area contributed by atoms with Gasteiger partial charge in [0, 0.05) is 13.1 Å². The predicted molar refractivity (Wildman–Crippen MR) is 83.2 cm³/mol. The molecule has 0 aromatic carbocycles. The standard InChI is InChI=1S/C16H25N3O3/c1-11(2)13(18-14(20)12-5-4-8-22-12)15(21)19-7-6-16(3,9-17)10-19/h4-5,8,11,13H,6-7,9-10,17H2,1-3H3,(H,18,20). The molecule has 0 radical (unpaired) electrons. The number of amides is 2. The van der Waals surface area contributed by atoms with Gasteiger partial charge in [0.15, 0.2) is 5.76 Å². The van der Waals surface area contributed by atoms with Gasteiger partial charge in [-0.1, -0.05) is 20.8 Å². The number of nitrogens with two attached hydrogens (primary N) is 1. The minimum Gasteiger partial charge on any atom is -0.459 e. The highest BCUT2D eigenvalue weighted by atomic mass is 16.3. The molecular formula is C16H25N3O3. The van der Waals surface area contributed by atoms with Gasteiger partial charge in [0.05, 0.1) is 6.26 Å². The lowest BCUT2D eigenvalue weighted by atomic mass is 9.90. The average Bonchev–Trinajstić information content (AvgIpc) is 3.13. The Bertz CT molecular complexity index is 527. The molecule has 0 saturated carbocycles. The third-order valence-electron chi connectivity index (χ3n) is 4.33. The second kappa shape index (κ2) is 6.52. The van der Waals surface area contributed by atoms with E-state index >= 15 is 0 Å². The molecule has 1 aromatic rings. The van der Waals surface area contributed by atoms with Crippen LogP contribution >= 0.6 is 0 Å². The molecule has 1 saturated heterocycles. The molecule has 1 aliphatic rings. The van der Waals surface area contributed by atoms with Crippen LogP contribution in [0.3, 0.4) is 0 Å². The molecular weight excluding hydrogens is 282 g/mol. The molecule has 2 atom stereocenters. The third-order valence-corrected chi connectivity index (χ3v) is 4.33. The maximum atomic E-state index is 12.7. The number of hydrogen-bond donors (Lipinski definition) is 2. The Morgan fingerprint density at radius 2 is 2.23 bits per heavy atom. The first-order chi connectivity index (χ1) is 10.4. The van der Waals surface area contributed by atoms with Crippen LogP contribution in [0.25, 0.3) is 0 Å². The summed E-state index contributed by atoms with van der Waals surface area (Å²) in [5.41, 5.74) is 5.77. The van der Waals surface area contributed by atoms with E-state index in [0.29, 0.717) is 19.6 Å². The molecule has 0 bridgehead atoms. The third kappa shape index (κ3) is 3.50. The van der Waals surface area contributed by atoms with Crippen molar-refractivity contribution in [1.82, 2.24) is 10.2 Å². The van der Waals surface area contributed by atoms with E-state index in [0.717, 1.165) is 6.42 Å². The summed E-state index contributed by atoms with van der Waals surface area (Å²) in [6.07, 6.45) is 2.33. The second-order valence-electron chi connectivity index (χ2n) is 6.70. The zero-order valence-electron chi connectivity index (χ0n) is 13.5. The Balaban J connectivity index is 2.05. The van der Waals surface area contributed by atoms with Crippen molar-refractivity contribution in [3.63, 3.8) is 0 Å². The van der Waals surface area contributed by atoms with Crippen molar-refractivity contribution in [2.45, 2.75) is 33.2 Å². The highest BCUT2D eigenvalue weighted by Crippen LogP contribution is 2.29. The summed E-state index contributed by atoms with van der Waals surface area (Å²) in [5.74, 6) is -0.201. The smallest absolute Gasteiger partial charge is 0.287 e. The lowest BCUT2D eigenvalue weighted by Gasteiger charge is -2.28. The van der Waals surface area contributed by atoms with Gasteiger partial charge in [-0.05, 0) is 36.4 Å². The highest BCUT2D eigenvalue weighted by molar-refractivity contribution is 5.95. The van der Waals surface area contributed by atoms with E-state index in [4.69, 9.17) is 10.2 Å². The van der Waals surface area contributed by atoms with Crippen molar-refractivity contribution >= 4 is 11.8 Å². The minimum absolute atomic E-state index is 0.00357. The van der Waals surface area contributed by atoms with Gasteiger partial charge in [0.25, 0.3) is 5.91 Å². The fourth-order valence-corrected chi connectivity index (χ4v) is 2.71. The van der Waals surface area contributed by atoms with E-state index in [1.165, 1.54) is 6.26 Å². The number of likely N-dealkylation sites (tertiary alicyclic amines) is 1. The second-order valence-corrected chi connectivity index (χ2v) is 6.70. The van der Waals surface area contributed by atoms with Gasteiger partial charge >= 0.3 is 0 Å². The fraction of sp³-hybridized carbons (Fsp3) is 0.625. The van der Waals surface area contributed by atoms with Crippen molar-refractivity contribution in [2.24, 2.45) is 17.1 Å². The van der Waals surface area contributed by atoms with Crippen molar-refractivity contribution in [1.29, 1.82) is 0 Å². The van der Waals surface area contributed by atoms with Gasteiger partial charge in [-0.3, -0.25) is 9.59 Å². The number of furan rings is 1. The Hall–Kier alpha value is -1.82. The SMILES string of the molecule is CC(C)C(NC(=O)c1ccco1)C(=O)N1CCC(C)(CN)C1. The number of hydrogen-bond acceptors (Lipinski definition) is 4. The van der Waals surface area contributed by atoms with Crippen LogP contribution in [0.2, 0.25) is 0 Å². The lowest BCUT2D eigenvalue weighted by Crippen LogP contribution is -2.51. The molecule has 3 N–H and O–H groups in total. The molecule has 2 rings (SSSR count). The van der Waals surface area contributed by atoms with Crippen LogP contribution in [0.15, 0.2) is 22.8 Å². The van der Waals surface area contributed by atoms with Crippen molar-refractivity contribution < 1.29 is 14.0 Å². The molecule has 1 aromatic heterocycles. The quantitative estimate of drug-likeness (QED) is 0.856. The highest BCUT2D eigenvalue weighted by Gasteiger charge is 2.38. The molecule has 122 valence electrons. The Morgan fingerprint density at radius 1 is 1.50 bits per heavy atom. The monoisotopic (exact) mass is 307 g/mol. The average molecular weight is 307 g/mol. The molecule has 2 heterocycles. The van der Waals surface area contributed by atoms with Crippen LogP contribution in [-0.4, -0.2) is 42.4 Å². The van der Waals surface area contributed by atoms with E-state index in [9.17, 15) is 9.59 Å². The van der Waals surface area contributed by atoms with Crippen LogP contribution in [0.5, 0.6) is 0 Å². The first-order valence-electron chi connectivity index (χ1n) is 7.69. The number of rotatable bonds is 5. The van der Waals surface area contributed by atoms with Crippen LogP contribution in [-0.2, 0) is 4.79 Å². The van der Waals surface area contributed by atoms with E-state index in [-0.39, 0.29) is 28.9 Å². The summed E-state index contributed by atoms with van der Waals surface area (Å²) in [6.45, 7) is 7.81. The minimum atomic E-state index is -0.558. The predicted octanol–water partition coefficient (Wildman–Crippen LogP) is 1.23. The Kier molecular flexibility index (Phi) is 4.90. The summed E-state index contributed by atoms with van der Waals surface area (Å²) in [7, 11) is 0. The van der Waals surface area contributed by atoms with Crippen molar-refractivity contribution in [3.05, 3.63) is 24.2 Å². The number of nitrogens with one attached hydrogen (secondary N) is 1. The molecule has 2 amide bonds. The van der Waals surface area contributed by atoms with Crippen LogP contribution in [0, 0.1) is 11.3 Å². The first-order valence-corrected chi connectivity index (χ1v) is 7.69. The van der Waals surface area contributed by atoms with E-state index < -0.39 is 6.04 Å². The summed E-state index contributed by atoms with van der Waals surface area (Å²) < 4.78 is 5.08. The van der Waals surface area contributed by atoms with E-state index in [1.807, 2.05) is 13.8 Å². The van der Waals surface area contributed by atoms with Gasteiger partial charge in [-0.25, -0.2) is 0 Å². The van der Waals surface area contributed by atoms with Gasteiger partial charge in [0.1, 0.15) is 6.04 Å². The first kappa shape index (κ1) is 16.5. The Morgan fingerprint density at radius 3 is 2.73 bits per heavy atom. The van der Waals surface area contributed by atoms with Gasteiger partial charge in [-0.2, -0.15) is 0 Å². The maximum absolute atomic E-state index is 12.7. The zero-order valence-corrected chi connectivity index (χ0v) is 13.5. The van der Waals surface area contributed by atoms with Crippen LogP contribution in [0.1, 0.15) is 37.7 Å². The topological polar surface area (TPSA) is 88.6 Å². The van der Waals surface area contributed by atoms with Crippen molar-refractivity contribution in [3.8, 4) is 0 Å². The zero-order chi connectivity index (χ0) is 16.3. The van der Waals surface area contributed by atoms with Crippen LogP contribution in [0.4, 0.5) is 0 Å². The Labute approximate surface area is 131 Å². The van der Waals surface area contributed by atoms with Gasteiger partial charge in [0.2, 0.25) is 5.91 Å². The van der Waals surface area contributed by atoms with Crippen molar-refractivity contribution in [2.75, 3.05) is 19.6 Å². The summed E-state index contributed by atoms with van der Waals surface area (Å²) in [5, 5.41) is 2.79. The number of carbonyl (C=O) groups excluding carboxylic acids is 2. The molecule has 6 heteroatoms. The fourth-order valence-electron chi connectivity index (χ4n) is 2.71. The lowest BCUT2D eigenvalue weighted by molar-refractivity contribution is -0.133. The molecule has 2 unspecified atom stereocenters. The molecule has 1 fully saturated rings. The van der Waals surface area contributed by atoms with Gasteiger partial charge < -0.3 is 20.4 Å². The number of nitrogens with zero attached hydrogens (tertiary/aromatic N) is 1. The largest absolute Gasteiger partial charge is 0.459 e. The molecule has 0 spiro atoms. The van der Waals surface area contributed by atoms with Gasteiger partial charge in [-0.15, -0.1) is 0 Å². The summed E-state index contributed by atoms with van der Waals surface area (Å²) in [4.78, 5) is 26.7. The summed E-state index contributed by atoms with van der Waals surface area (Å²) >= 11 is 0. The summed E-state index contributed by atoms with van der Waals surface area (Å²) in [6, 6.07) is 2.67.